The van der Waals surface area contributed by atoms with Crippen molar-refractivity contribution < 1.29 is 9.47 Å². The maximum Gasteiger partial charge on any atom is 0.161 e. The minimum atomic E-state index is 0.458. The van der Waals surface area contributed by atoms with E-state index in [9.17, 15) is 0 Å². The van der Waals surface area contributed by atoms with Crippen LogP contribution in [0.5, 0.6) is 11.5 Å². The van der Waals surface area contributed by atoms with Crippen molar-refractivity contribution in [3.05, 3.63) is 23.3 Å². The van der Waals surface area contributed by atoms with Gasteiger partial charge in [-0.15, -0.1) is 0 Å². The first-order valence-corrected chi connectivity index (χ1v) is 6.98. The van der Waals surface area contributed by atoms with Crippen LogP contribution in [0.25, 0.3) is 0 Å². The van der Waals surface area contributed by atoms with Gasteiger partial charge in [0.05, 0.1) is 13.2 Å². The molecule has 3 rings (SSSR count). The highest BCUT2D eigenvalue weighted by molar-refractivity contribution is 5.49. The van der Waals surface area contributed by atoms with Crippen molar-refractivity contribution in [2.45, 2.75) is 38.1 Å². The molecule has 0 saturated carbocycles. The number of fused-ring (bicyclic) bond motifs is 2. The molecule has 18 heavy (non-hydrogen) atoms. The van der Waals surface area contributed by atoms with E-state index in [-0.39, 0.29) is 0 Å². The van der Waals surface area contributed by atoms with Gasteiger partial charge in [-0.3, -0.25) is 0 Å². The number of aryl methyl sites for hydroxylation is 1. The fourth-order valence-electron chi connectivity index (χ4n) is 2.93. The van der Waals surface area contributed by atoms with Gasteiger partial charge in [0.1, 0.15) is 0 Å². The van der Waals surface area contributed by atoms with Crippen LogP contribution in [0.4, 0.5) is 0 Å². The van der Waals surface area contributed by atoms with Crippen LogP contribution in [-0.4, -0.2) is 20.3 Å². The molecule has 3 nitrogen and oxygen atoms in total. The molecular weight excluding hydrogens is 226 g/mol. The minimum absolute atomic E-state index is 0.458. The van der Waals surface area contributed by atoms with Gasteiger partial charge in [-0.1, -0.05) is 6.42 Å². The molecule has 1 atom stereocenters. The lowest BCUT2D eigenvalue weighted by molar-refractivity contribution is 0.296. The van der Waals surface area contributed by atoms with Crippen LogP contribution in [0.3, 0.4) is 0 Å². The molecule has 98 valence electrons. The van der Waals surface area contributed by atoms with Crippen molar-refractivity contribution >= 4 is 0 Å². The van der Waals surface area contributed by atoms with Gasteiger partial charge in [0.2, 0.25) is 0 Å². The fourth-order valence-corrected chi connectivity index (χ4v) is 2.93. The monoisotopic (exact) mass is 247 g/mol. The van der Waals surface area contributed by atoms with E-state index in [1.807, 2.05) is 7.05 Å². The molecular formula is C15H21NO2. The average molecular weight is 247 g/mol. The van der Waals surface area contributed by atoms with Crippen LogP contribution in [0, 0.1) is 0 Å². The third-order valence-electron chi connectivity index (χ3n) is 3.92. The Labute approximate surface area is 108 Å². The summed E-state index contributed by atoms with van der Waals surface area (Å²) in [6, 6.07) is 4.85. The molecule has 0 aromatic heterocycles. The second-order valence-electron chi connectivity index (χ2n) is 5.14. The Morgan fingerprint density at radius 2 is 1.83 bits per heavy atom. The number of nitrogens with one attached hydrogen (secondary N) is 1. The molecule has 1 aliphatic carbocycles. The lowest BCUT2D eigenvalue weighted by atomic mass is 9.98. The highest BCUT2D eigenvalue weighted by Gasteiger charge is 2.21. The summed E-state index contributed by atoms with van der Waals surface area (Å²) >= 11 is 0. The summed E-state index contributed by atoms with van der Waals surface area (Å²) in [6.45, 7) is 1.53. The van der Waals surface area contributed by atoms with Gasteiger partial charge >= 0.3 is 0 Å². The SMILES string of the molecule is CNC1CCCCc2cc3c(cc21)OCCCO3. The van der Waals surface area contributed by atoms with Crippen LogP contribution in [0.15, 0.2) is 12.1 Å². The Morgan fingerprint density at radius 1 is 1.06 bits per heavy atom. The summed E-state index contributed by atoms with van der Waals surface area (Å²) in [6.07, 6.45) is 5.89. The van der Waals surface area contributed by atoms with E-state index < -0.39 is 0 Å². The molecule has 1 aliphatic heterocycles. The molecule has 3 heteroatoms. The lowest BCUT2D eigenvalue weighted by Gasteiger charge is -2.19. The smallest absolute Gasteiger partial charge is 0.161 e. The third kappa shape index (κ3) is 2.19. The van der Waals surface area contributed by atoms with Gasteiger partial charge in [-0.05, 0) is 49.6 Å². The first kappa shape index (κ1) is 11.8. The van der Waals surface area contributed by atoms with Crippen LogP contribution in [0.1, 0.15) is 42.9 Å². The number of ether oxygens (including phenoxy) is 2. The molecule has 0 radical (unpaired) electrons. The number of hydrogen-bond donors (Lipinski definition) is 1. The van der Waals surface area contributed by atoms with Crippen molar-refractivity contribution in [3.8, 4) is 11.5 Å². The minimum Gasteiger partial charge on any atom is -0.490 e. The summed E-state index contributed by atoms with van der Waals surface area (Å²) < 4.78 is 11.6. The van der Waals surface area contributed by atoms with Gasteiger partial charge in [0, 0.05) is 12.5 Å². The third-order valence-corrected chi connectivity index (χ3v) is 3.92. The first-order chi connectivity index (χ1) is 8.88. The number of benzene rings is 1. The zero-order valence-electron chi connectivity index (χ0n) is 11.0. The summed E-state index contributed by atoms with van der Waals surface area (Å²) in [5.41, 5.74) is 2.83. The van der Waals surface area contributed by atoms with E-state index in [1.165, 1.54) is 30.4 Å². The van der Waals surface area contributed by atoms with Gasteiger partial charge in [-0.25, -0.2) is 0 Å². The Kier molecular flexibility index (Phi) is 3.41. The molecule has 0 saturated heterocycles. The van der Waals surface area contributed by atoms with Crippen molar-refractivity contribution in [2.75, 3.05) is 20.3 Å². The van der Waals surface area contributed by atoms with Crippen molar-refractivity contribution in [1.82, 2.24) is 5.32 Å². The number of rotatable bonds is 1. The van der Waals surface area contributed by atoms with Gasteiger partial charge in [0.15, 0.2) is 11.5 Å². The predicted molar refractivity (Wildman–Crippen MR) is 71.4 cm³/mol. The maximum atomic E-state index is 5.80. The predicted octanol–water partition coefficient (Wildman–Crippen LogP) is 2.83. The van der Waals surface area contributed by atoms with Gasteiger partial charge < -0.3 is 14.8 Å². The summed E-state index contributed by atoms with van der Waals surface area (Å²) in [5.74, 6) is 1.86. The summed E-state index contributed by atoms with van der Waals surface area (Å²) in [5, 5.41) is 3.43. The lowest BCUT2D eigenvalue weighted by Crippen LogP contribution is -2.16. The Bertz CT molecular complexity index is 431. The zero-order valence-corrected chi connectivity index (χ0v) is 11.0. The molecule has 1 aromatic rings. The van der Waals surface area contributed by atoms with E-state index in [0.29, 0.717) is 6.04 Å². The molecule has 1 N–H and O–H groups in total. The maximum absolute atomic E-state index is 5.80. The van der Waals surface area contributed by atoms with E-state index in [1.54, 1.807) is 0 Å². The topological polar surface area (TPSA) is 30.5 Å². The molecule has 2 aliphatic rings. The highest BCUT2D eigenvalue weighted by atomic mass is 16.5. The molecule has 1 heterocycles. The Morgan fingerprint density at radius 3 is 2.61 bits per heavy atom. The normalized spacial score (nSPS) is 22.8. The van der Waals surface area contributed by atoms with Crippen molar-refractivity contribution in [2.24, 2.45) is 0 Å². The molecule has 0 bridgehead atoms. The van der Waals surface area contributed by atoms with Crippen LogP contribution >= 0.6 is 0 Å². The van der Waals surface area contributed by atoms with Crippen LogP contribution < -0.4 is 14.8 Å². The van der Waals surface area contributed by atoms with E-state index in [4.69, 9.17) is 9.47 Å². The Balaban J connectivity index is 2.02. The first-order valence-electron chi connectivity index (χ1n) is 6.98. The van der Waals surface area contributed by atoms with Crippen LogP contribution in [-0.2, 0) is 6.42 Å². The van der Waals surface area contributed by atoms with E-state index in [2.05, 4.69) is 17.4 Å². The summed E-state index contributed by atoms with van der Waals surface area (Å²) in [4.78, 5) is 0. The van der Waals surface area contributed by atoms with Crippen molar-refractivity contribution in [1.29, 1.82) is 0 Å². The molecule has 0 spiro atoms. The quantitative estimate of drug-likeness (QED) is 0.774. The standard InChI is InChI=1S/C15H21NO2/c1-16-13-6-3-2-5-11-9-14-15(10-12(11)13)18-8-4-7-17-14/h9-10,13,16H,2-8H2,1H3. The van der Waals surface area contributed by atoms with Gasteiger partial charge in [0.25, 0.3) is 0 Å². The molecule has 1 unspecified atom stereocenters. The molecule has 0 amide bonds. The van der Waals surface area contributed by atoms with Gasteiger partial charge in [-0.2, -0.15) is 0 Å². The summed E-state index contributed by atoms with van der Waals surface area (Å²) in [7, 11) is 2.04. The van der Waals surface area contributed by atoms with E-state index in [0.717, 1.165) is 37.6 Å². The zero-order chi connectivity index (χ0) is 12.4. The largest absolute Gasteiger partial charge is 0.490 e. The van der Waals surface area contributed by atoms with Crippen LogP contribution in [0.2, 0.25) is 0 Å². The second-order valence-corrected chi connectivity index (χ2v) is 5.14. The second kappa shape index (κ2) is 5.19. The number of hydrogen-bond acceptors (Lipinski definition) is 3. The van der Waals surface area contributed by atoms with E-state index >= 15 is 0 Å². The highest BCUT2D eigenvalue weighted by Crippen LogP contribution is 2.38. The molecule has 1 aromatic carbocycles. The fraction of sp³-hybridized carbons (Fsp3) is 0.600. The average Bonchev–Trinajstić information content (AvgIpc) is 2.73. The van der Waals surface area contributed by atoms with Crippen molar-refractivity contribution in [3.63, 3.8) is 0 Å². The Hall–Kier alpha value is -1.22. The molecule has 0 fully saturated rings.